The van der Waals surface area contributed by atoms with Gasteiger partial charge in [0.15, 0.2) is 11.5 Å². The molecular formula is C19H17ClN2O2. The van der Waals surface area contributed by atoms with Gasteiger partial charge in [-0.2, -0.15) is 0 Å². The van der Waals surface area contributed by atoms with Crippen LogP contribution in [0.25, 0.3) is 11.1 Å². The number of piperidine rings is 1. The van der Waals surface area contributed by atoms with E-state index in [-0.39, 0.29) is 11.8 Å². The Morgan fingerprint density at radius 3 is 2.75 bits per heavy atom. The zero-order chi connectivity index (χ0) is 16.5. The lowest BCUT2D eigenvalue weighted by Gasteiger charge is -2.31. The molecule has 1 aliphatic heterocycles. The fraction of sp³-hybridized carbons (Fsp3) is 0.263. The predicted octanol–water partition coefficient (Wildman–Crippen LogP) is 4.50. The van der Waals surface area contributed by atoms with Crippen LogP contribution in [0.5, 0.6) is 0 Å². The standard InChI is InChI=1S/C19H17ClN2O2/c20-15-9-7-13(8-10-15)19(23)22-11-3-4-14(12-22)18-21-16-5-1-2-6-17(16)24-18/h1-2,5-10,14H,3-4,11-12H2/t14-/m1/s1. The quantitative estimate of drug-likeness (QED) is 0.690. The molecule has 1 atom stereocenters. The van der Waals surface area contributed by atoms with Gasteiger partial charge in [0.05, 0.1) is 5.92 Å². The van der Waals surface area contributed by atoms with Crippen LogP contribution in [-0.4, -0.2) is 28.9 Å². The SMILES string of the molecule is O=C(c1ccc(Cl)cc1)N1CCC[C@@H](c2nc3ccccc3o2)C1. The van der Waals surface area contributed by atoms with E-state index in [1.165, 1.54) is 0 Å². The van der Waals surface area contributed by atoms with Crippen molar-refractivity contribution in [2.45, 2.75) is 18.8 Å². The van der Waals surface area contributed by atoms with Crippen LogP contribution in [0.15, 0.2) is 52.9 Å². The fourth-order valence-corrected chi connectivity index (χ4v) is 3.33. The molecule has 0 aliphatic carbocycles. The van der Waals surface area contributed by atoms with Crippen LogP contribution >= 0.6 is 11.6 Å². The molecule has 4 rings (SSSR count). The normalized spacial score (nSPS) is 18.0. The lowest BCUT2D eigenvalue weighted by Crippen LogP contribution is -2.39. The van der Waals surface area contributed by atoms with Crippen molar-refractivity contribution in [2.75, 3.05) is 13.1 Å². The molecule has 1 aliphatic rings. The number of hydrogen-bond acceptors (Lipinski definition) is 3. The topological polar surface area (TPSA) is 46.3 Å². The van der Waals surface area contributed by atoms with Crippen LogP contribution in [0.1, 0.15) is 35.0 Å². The van der Waals surface area contributed by atoms with Gasteiger partial charge in [0.1, 0.15) is 5.52 Å². The van der Waals surface area contributed by atoms with E-state index in [0.29, 0.717) is 17.1 Å². The number of para-hydroxylation sites is 2. The lowest BCUT2D eigenvalue weighted by molar-refractivity contribution is 0.0699. The van der Waals surface area contributed by atoms with E-state index in [1.807, 2.05) is 29.2 Å². The molecule has 1 fully saturated rings. The van der Waals surface area contributed by atoms with Crippen LogP contribution in [0.3, 0.4) is 0 Å². The summed E-state index contributed by atoms with van der Waals surface area (Å²) >= 11 is 5.90. The highest BCUT2D eigenvalue weighted by Gasteiger charge is 2.28. The second kappa shape index (κ2) is 6.29. The smallest absolute Gasteiger partial charge is 0.253 e. The maximum Gasteiger partial charge on any atom is 0.253 e. The number of rotatable bonds is 2. The van der Waals surface area contributed by atoms with Gasteiger partial charge in [-0.05, 0) is 49.2 Å². The Bertz CT molecular complexity index is 839. The van der Waals surface area contributed by atoms with Crippen LogP contribution in [0.4, 0.5) is 0 Å². The molecule has 1 amide bonds. The van der Waals surface area contributed by atoms with Crippen molar-refractivity contribution in [3.63, 3.8) is 0 Å². The Labute approximate surface area is 145 Å². The fourth-order valence-electron chi connectivity index (χ4n) is 3.20. The van der Waals surface area contributed by atoms with E-state index < -0.39 is 0 Å². The first-order valence-electron chi connectivity index (χ1n) is 8.11. The van der Waals surface area contributed by atoms with Gasteiger partial charge >= 0.3 is 0 Å². The molecule has 0 N–H and O–H groups in total. The minimum Gasteiger partial charge on any atom is -0.440 e. The first kappa shape index (κ1) is 15.2. The van der Waals surface area contributed by atoms with Crippen molar-refractivity contribution >= 4 is 28.6 Å². The van der Waals surface area contributed by atoms with Gasteiger partial charge in [-0.1, -0.05) is 23.7 Å². The summed E-state index contributed by atoms with van der Waals surface area (Å²) in [5.74, 6) is 0.902. The predicted molar refractivity (Wildman–Crippen MR) is 93.3 cm³/mol. The number of aromatic nitrogens is 1. The number of carbonyl (C=O) groups excluding carboxylic acids is 1. The van der Waals surface area contributed by atoms with E-state index >= 15 is 0 Å². The molecule has 0 saturated carbocycles. The summed E-state index contributed by atoms with van der Waals surface area (Å²) in [4.78, 5) is 19.2. The number of carbonyl (C=O) groups is 1. The average molecular weight is 341 g/mol. The third-order valence-electron chi connectivity index (χ3n) is 4.46. The van der Waals surface area contributed by atoms with Gasteiger partial charge in [-0.3, -0.25) is 4.79 Å². The third-order valence-corrected chi connectivity index (χ3v) is 4.71. The average Bonchev–Trinajstić information content (AvgIpc) is 3.06. The number of halogens is 1. The number of benzene rings is 2. The molecule has 24 heavy (non-hydrogen) atoms. The second-order valence-electron chi connectivity index (χ2n) is 6.12. The van der Waals surface area contributed by atoms with Gasteiger partial charge in [-0.15, -0.1) is 0 Å². The summed E-state index contributed by atoms with van der Waals surface area (Å²) in [6.45, 7) is 1.40. The molecule has 3 aromatic rings. The highest BCUT2D eigenvalue weighted by atomic mass is 35.5. The molecule has 2 aromatic carbocycles. The summed E-state index contributed by atoms with van der Waals surface area (Å²) < 4.78 is 5.89. The summed E-state index contributed by atoms with van der Waals surface area (Å²) in [6.07, 6.45) is 1.93. The molecule has 122 valence electrons. The van der Waals surface area contributed by atoms with Crippen LogP contribution in [0, 0.1) is 0 Å². The first-order chi connectivity index (χ1) is 11.7. The molecule has 0 bridgehead atoms. The molecule has 1 aromatic heterocycles. The second-order valence-corrected chi connectivity index (χ2v) is 6.55. The van der Waals surface area contributed by atoms with Crippen molar-refractivity contribution in [3.05, 3.63) is 65.0 Å². The third kappa shape index (κ3) is 2.89. The van der Waals surface area contributed by atoms with Crippen molar-refractivity contribution in [2.24, 2.45) is 0 Å². The molecule has 5 heteroatoms. The number of amides is 1. The van der Waals surface area contributed by atoms with Gasteiger partial charge in [0, 0.05) is 23.7 Å². The molecular weight excluding hydrogens is 324 g/mol. The van der Waals surface area contributed by atoms with Crippen LogP contribution in [-0.2, 0) is 0 Å². The summed E-state index contributed by atoms with van der Waals surface area (Å²) in [5, 5.41) is 0.634. The number of hydrogen-bond donors (Lipinski definition) is 0. The zero-order valence-electron chi connectivity index (χ0n) is 13.1. The van der Waals surface area contributed by atoms with Crippen LogP contribution in [0.2, 0.25) is 5.02 Å². The monoisotopic (exact) mass is 340 g/mol. The Morgan fingerprint density at radius 2 is 1.96 bits per heavy atom. The van der Waals surface area contributed by atoms with Crippen LogP contribution < -0.4 is 0 Å². The number of likely N-dealkylation sites (tertiary alicyclic amines) is 1. The van der Waals surface area contributed by atoms with Crippen molar-refractivity contribution in [1.29, 1.82) is 0 Å². The lowest BCUT2D eigenvalue weighted by atomic mass is 9.97. The Hall–Kier alpha value is -2.33. The zero-order valence-corrected chi connectivity index (χ0v) is 13.9. The Morgan fingerprint density at radius 1 is 1.17 bits per heavy atom. The van der Waals surface area contributed by atoms with E-state index in [2.05, 4.69) is 4.98 Å². The van der Waals surface area contributed by atoms with Gasteiger partial charge < -0.3 is 9.32 Å². The molecule has 4 nitrogen and oxygen atoms in total. The molecule has 2 heterocycles. The number of fused-ring (bicyclic) bond motifs is 1. The minimum atomic E-state index is 0.0347. The molecule has 0 unspecified atom stereocenters. The number of nitrogens with zero attached hydrogens (tertiary/aromatic N) is 2. The van der Waals surface area contributed by atoms with Gasteiger partial charge in [-0.25, -0.2) is 4.98 Å². The molecule has 0 spiro atoms. The number of oxazole rings is 1. The first-order valence-corrected chi connectivity index (χ1v) is 8.49. The van der Waals surface area contributed by atoms with E-state index in [0.717, 1.165) is 36.4 Å². The van der Waals surface area contributed by atoms with E-state index in [4.69, 9.17) is 16.0 Å². The largest absolute Gasteiger partial charge is 0.440 e. The minimum absolute atomic E-state index is 0.0347. The van der Waals surface area contributed by atoms with Crippen molar-refractivity contribution < 1.29 is 9.21 Å². The van der Waals surface area contributed by atoms with E-state index in [9.17, 15) is 4.79 Å². The summed E-state index contributed by atoms with van der Waals surface area (Å²) in [6, 6.07) is 14.8. The molecule has 1 saturated heterocycles. The summed E-state index contributed by atoms with van der Waals surface area (Å²) in [5.41, 5.74) is 2.33. The Balaban J connectivity index is 1.54. The maximum absolute atomic E-state index is 12.7. The highest BCUT2D eigenvalue weighted by Crippen LogP contribution is 2.29. The summed E-state index contributed by atoms with van der Waals surface area (Å²) in [7, 11) is 0. The van der Waals surface area contributed by atoms with Gasteiger partial charge in [0.25, 0.3) is 5.91 Å². The van der Waals surface area contributed by atoms with Gasteiger partial charge in [0.2, 0.25) is 0 Å². The Kier molecular flexibility index (Phi) is 3.98. The van der Waals surface area contributed by atoms with Crippen molar-refractivity contribution in [1.82, 2.24) is 9.88 Å². The van der Waals surface area contributed by atoms with E-state index in [1.54, 1.807) is 24.3 Å². The maximum atomic E-state index is 12.7. The van der Waals surface area contributed by atoms with Crippen molar-refractivity contribution in [3.8, 4) is 0 Å². The molecule has 0 radical (unpaired) electrons. The highest BCUT2D eigenvalue weighted by molar-refractivity contribution is 6.30.